The lowest BCUT2D eigenvalue weighted by molar-refractivity contribution is -0.139. The normalized spacial score (nSPS) is 25.0. The molecule has 0 aliphatic carbocycles. The molecule has 1 spiro atoms. The van der Waals surface area contributed by atoms with E-state index in [1.165, 1.54) is 0 Å². The highest BCUT2D eigenvalue weighted by molar-refractivity contribution is 8.02. The van der Waals surface area contributed by atoms with Crippen LogP contribution in [-0.4, -0.2) is 77.1 Å². The molecule has 0 radical (unpaired) electrons. The number of unbranched alkanes of at least 4 members (excludes halogenated alkanes) is 3. The first-order valence-corrected chi connectivity index (χ1v) is 16.4. The van der Waals surface area contributed by atoms with Crippen LogP contribution in [0.1, 0.15) is 38.5 Å². The van der Waals surface area contributed by atoms with Gasteiger partial charge in [-0.05, 0) is 62.1 Å². The zero-order valence-corrected chi connectivity index (χ0v) is 26.3. The van der Waals surface area contributed by atoms with Gasteiger partial charge in [0.05, 0.1) is 23.7 Å². The number of anilines is 2. The molecule has 3 aliphatic heterocycles. The minimum Gasteiger partial charge on any atom is -0.497 e. The lowest BCUT2D eigenvalue weighted by Crippen LogP contribution is -2.55. The number of aliphatic hydroxyl groups excluding tert-OH is 1. The average molecular weight is 618 g/mol. The van der Waals surface area contributed by atoms with Crippen molar-refractivity contribution in [1.29, 1.82) is 0 Å². The molecule has 8 nitrogen and oxygen atoms in total. The molecule has 3 amide bonds. The molecule has 5 atom stereocenters. The first-order chi connectivity index (χ1) is 21.4. The van der Waals surface area contributed by atoms with Gasteiger partial charge in [0.1, 0.15) is 11.8 Å². The van der Waals surface area contributed by atoms with Crippen LogP contribution in [0.25, 0.3) is 0 Å². The number of fused-ring (bicyclic) bond motifs is 1. The molecule has 44 heavy (non-hydrogen) atoms. The van der Waals surface area contributed by atoms with Gasteiger partial charge in [0.25, 0.3) is 5.91 Å². The van der Waals surface area contributed by atoms with E-state index in [2.05, 4.69) is 13.2 Å². The summed E-state index contributed by atoms with van der Waals surface area (Å²) in [7, 11) is 1.60. The van der Waals surface area contributed by atoms with Gasteiger partial charge in [0.15, 0.2) is 0 Å². The number of ether oxygens (including phenoxy) is 1. The topological polar surface area (TPSA) is 90.4 Å². The number of likely N-dealkylation sites (tertiary alicyclic amines) is 1. The zero-order chi connectivity index (χ0) is 31.3. The number of carbonyl (C=O) groups excluding carboxylic acids is 3. The Hall–Kier alpha value is -3.56. The van der Waals surface area contributed by atoms with E-state index in [-0.39, 0.29) is 29.6 Å². The Kier molecular flexibility index (Phi) is 10.2. The Bertz CT molecular complexity index is 1350. The van der Waals surface area contributed by atoms with E-state index >= 15 is 0 Å². The largest absolute Gasteiger partial charge is 0.497 e. The van der Waals surface area contributed by atoms with E-state index in [0.29, 0.717) is 43.9 Å². The number of rotatable bonds is 15. The lowest BCUT2D eigenvalue weighted by Gasteiger charge is -2.37. The van der Waals surface area contributed by atoms with Crippen molar-refractivity contribution in [1.82, 2.24) is 4.90 Å². The molecule has 234 valence electrons. The van der Waals surface area contributed by atoms with Gasteiger partial charge in [0.2, 0.25) is 11.8 Å². The number of hydrogen-bond acceptors (Lipinski definition) is 6. The van der Waals surface area contributed by atoms with Crippen LogP contribution in [0.3, 0.4) is 0 Å². The lowest BCUT2D eigenvalue weighted by atomic mass is 9.70. The zero-order valence-electron chi connectivity index (χ0n) is 25.5. The summed E-state index contributed by atoms with van der Waals surface area (Å²) in [5.74, 6) is -0.741. The molecule has 2 unspecified atom stereocenters. The van der Waals surface area contributed by atoms with Gasteiger partial charge in [-0.3, -0.25) is 14.4 Å². The maximum Gasteiger partial charge on any atom is 0.251 e. The smallest absolute Gasteiger partial charge is 0.251 e. The van der Waals surface area contributed by atoms with E-state index in [1.54, 1.807) is 45.7 Å². The second-order valence-electron chi connectivity index (χ2n) is 11.7. The van der Waals surface area contributed by atoms with Crippen molar-refractivity contribution in [2.75, 3.05) is 43.2 Å². The summed E-state index contributed by atoms with van der Waals surface area (Å²) in [5, 5.41) is 9.20. The van der Waals surface area contributed by atoms with E-state index in [4.69, 9.17) is 4.74 Å². The monoisotopic (exact) mass is 617 g/mol. The van der Waals surface area contributed by atoms with Gasteiger partial charge in [-0.15, -0.1) is 24.9 Å². The number of methoxy groups -OCH3 is 1. The molecule has 3 saturated heterocycles. The quantitative estimate of drug-likeness (QED) is 0.222. The predicted molar refractivity (Wildman–Crippen MR) is 176 cm³/mol. The first-order valence-electron chi connectivity index (χ1n) is 15.5. The van der Waals surface area contributed by atoms with Gasteiger partial charge < -0.3 is 24.5 Å². The van der Waals surface area contributed by atoms with Crippen molar-refractivity contribution in [3.63, 3.8) is 0 Å². The second kappa shape index (κ2) is 14.0. The summed E-state index contributed by atoms with van der Waals surface area (Å²) in [6.45, 7) is 9.00. The van der Waals surface area contributed by atoms with Crippen LogP contribution in [0, 0.1) is 11.8 Å². The molecule has 5 rings (SSSR count). The third-order valence-electron chi connectivity index (χ3n) is 9.23. The molecular formula is C35H43N3O5S. The number of thioether (sulfide) groups is 1. The fourth-order valence-corrected chi connectivity index (χ4v) is 9.51. The summed E-state index contributed by atoms with van der Waals surface area (Å²) in [6, 6.07) is 16.2. The Morgan fingerprint density at radius 1 is 0.977 bits per heavy atom. The fourth-order valence-electron chi connectivity index (χ4n) is 7.30. The van der Waals surface area contributed by atoms with Crippen LogP contribution in [-0.2, 0) is 14.4 Å². The third kappa shape index (κ3) is 5.79. The van der Waals surface area contributed by atoms with Crippen LogP contribution in [0.2, 0.25) is 0 Å². The van der Waals surface area contributed by atoms with Crippen LogP contribution < -0.4 is 14.5 Å². The molecule has 0 saturated carbocycles. The van der Waals surface area contributed by atoms with Gasteiger partial charge in [-0.25, -0.2) is 0 Å². The minimum atomic E-state index is -0.697. The minimum absolute atomic E-state index is 0.0386. The Balaban J connectivity index is 1.51. The van der Waals surface area contributed by atoms with Crippen LogP contribution in [0.4, 0.5) is 11.4 Å². The molecule has 3 fully saturated rings. The average Bonchev–Trinajstić information content (AvgIpc) is 3.69. The first kappa shape index (κ1) is 31.9. The van der Waals surface area contributed by atoms with Crippen molar-refractivity contribution < 1.29 is 24.2 Å². The van der Waals surface area contributed by atoms with E-state index < -0.39 is 22.6 Å². The SMILES string of the molecule is C=CCN(C(=O)C1N(CCCCCCO)C(=O)[C@@H]2[C@H](C(=O)N(CC=C)c3ccccc3)[C@@H]3CCC12S3)c1ccc(OC)cc1. The van der Waals surface area contributed by atoms with Crippen LogP contribution in [0.15, 0.2) is 79.9 Å². The number of hydrogen-bond donors (Lipinski definition) is 1. The Labute approximate surface area is 264 Å². The summed E-state index contributed by atoms with van der Waals surface area (Å²) < 4.78 is 4.65. The highest BCUT2D eigenvalue weighted by atomic mass is 32.2. The van der Waals surface area contributed by atoms with Crippen molar-refractivity contribution in [2.45, 2.75) is 54.6 Å². The summed E-state index contributed by atoms with van der Waals surface area (Å²) in [5.41, 5.74) is 1.48. The summed E-state index contributed by atoms with van der Waals surface area (Å²) >= 11 is 1.68. The maximum absolute atomic E-state index is 14.7. The molecule has 1 N–H and O–H groups in total. The molecule has 3 heterocycles. The third-order valence-corrected chi connectivity index (χ3v) is 11.2. The van der Waals surface area contributed by atoms with Gasteiger partial charge in [0, 0.05) is 42.9 Å². The molecule has 3 aliphatic rings. The Morgan fingerprint density at radius 2 is 1.61 bits per heavy atom. The molecule has 0 aromatic heterocycles. The molecule has 2 aromatic rings. The molecule has 2 aromatic carbocycles. The van der Waals surface area contributed by atoms with Crippen LogP contribution >= 0.6 is 11.8 Å². The van der Waals surface area contributed by atoms with Crippen molar-refractivity contribution in [2.24, 2.45) is 11.8 Å². The van der Waals surface area contributed by atoms with Gasteiger partial charge >= 0.3 is 0 Å². The van der Waals surface area contributed by atoms with Crippen molar-refractivity contribution in [3.05, 3.63) is 79.9 Å². The fraction of sp³-hybridized carbons (Fsp3) is 0.457. The van der Waals surface area contributed by atoms with E-state index in [9.17, 15) is 19.5 Å². The van der Waals surface area contributed by atoms with Gasteiger partial charge in [-0.1, -0.05) is 43.2 Å². The number of carbonyl (C=O) groups is 3. The molecular weight excluding hydrogens is 574 g/mol. The predicted octanol–water partition coefficient (Wildman–Crippen LogP) is 5.08. The molecule has 9 heteroatoms. The number of para-hydroxylation sites is 1. The Morgan fingerprint density at radius 3 is 2.25 bits per heavy atom. The van der Waals surface area contributed by atoms with Crippen LogP contribution in [0.5, 0.6) is 5.75 Å². The van der Waals surface area contributed by atoms with Gasteiger partial charge in [-0.2, -0.15) is 0 Å². The van der Waals surface area contributed by atoms with Crippen molar-refractivity contribution >= 4 is 40.9 Å². The van der Waals surface area contributed by atoms with E-state index in [1.807, 2.05) is 54.6 Å². The number of amides is 3. The number of nitrogens with zero attached hydrogens (tertiary/aromatic N) is 3. The number of benzene rings is 2. The highest BCUT2D eigenvalue weighted by Crippen LogP contribution is 2.67. The van der Waals surface area contributed by atoms with Crippen molar-refractivity contribution in [3.8, 4) is 5.75 Å². The van der Waals surface area contributed by atoms with E-state index in [0.717, 1.165) is 31.4 Å². The highest BCUT2D eigenvalue weighted by Gasteiger charge is 2.74. The summed E-state index contributed by atoms with van der Waals surface area (Å²) in [4.78, 5) is 48.9. The standard InChI is InChI=1S/C35H43N3O5S/c1-4-21-36(25-13-9-8-10-14-25)32(40)29-28-19-20-35(44-28)30(29)33(41)38(23-11-6-7-12-24-39)31(35)34(42)37(22-5-2)26-15-17-27(43-3)18-16-26/h4-5,8-10,13-18,28-31,39H,1-2,6-7,11-12,19-24H2,3H3/t28-,29+,30-,31?,35?/m0/s1. The summed E-state index contributed by atoms with van der Waals surface area (Å²) in [6.07, 6.45) is 8.03. The molecule has 2 bridgehead atoms. The number of aliphatic hydroxyl groups is 1. The second-order valence-corrected chi connectivity index (χ2v) is 13.3. The maximum atomic E-state index is 14.7.